The lowest BCUT2D eigenvalue weighted by Gasteiger charge is -2.43. The van der Waals surface area contributed by atoms with Crippen LogP contribution in [0.4, 0.5) is 16.8 Å². The highest BCUT2D eigenvalue weighted by molar-refractivity contribution is 7.18. The van der Waals surface area contributed by atoms with Crippen molar-refractivity contribution >= 4 is 44.8 Å². The smallest absolute Gasteiger partial charge is 0.257 e. The summed E-state index contributed by atoms with van der Waals surface area (Å²) in [6.45, 7) is 1.81. The molecular formula is C24H26N8OS. The Morgan fingerprint density at radius 2 is 1.79 bits per heavy atom. The van der Waals surface area contributed by atoms with Gasteiger partial charge in [0.1, 0.15) is 11.6 Å². The third kappa shape index (κ3) is 4.42. The molecule has 4 aromatic rings. The van der Waals surface area contributed by atoms with Crippen molar-refractivity contribution in [1.82, 2.24) is 24.8 Å². The molecule has 174 valence electrons. The molecule has 0 bridgehead atoms. The zero-order valence-corrected chi connectivity index (χ0v) is 20.4. The number of aromatic nitrogens is 4. The van der Waals surface area contributed by atoms with Crippen LogP contribution in [0.2, 0.25) is 0 Å². The molecule has 4 aromatic heterocycles. The Morgan fingerprint density at radius 3 is 2.53 bits per heavy atom. The number of anilines is 3. The van der Waals surface area contributed by atoms with Gasteiger partial charge in [-0.05, 0) is 43.7 Å². The lowest BCUT2D eigenvalue weighted by Crippen LogP contribution is -2.57. The number of thiazole rings is 1. The normalized spacial score (nSPS) is 13.9. The topological polar surface area (TPSA) is 90.4 Å². The number of carbonyl (C=O) groups is 1. The molecule has 1 N–H and O–H groups in total. The maximum Gasteiger partial charge on any atom is 0.257 e. The summed E-state index contributed by atoms with van der Waals surface area (Å²) < 4.78 is 0. The number of carbonyl (C=O) groups excluding carboxylic acids is 1. The minimum Gasteiger partial charge on any atom is -0.354 e. The van der Waals surface area contributed by atoms with E-state index in [0.717, 1.165) is 45.4 Å². The van der Waals surface area contributed by atoms with Gasteiger partial charge in [-0.25, -0.2) is 15.0 Å². The van der Waals surface area contributed by atoms with E-state index in [1.165, 1.54) is 0 Å². The van der Waals surface area contributed by atoms with E-state index in [1.807, 2.05) is 43.4 Å². The van der Waals surface area contributed by atoms with Crippen LogP contribution in [-0.4, -0.2) is 78.1 Å². The van der Waals surface area contributed by atoms with Gasteiger partial charge in [0, 0.05) is 69.0 Å². The van der Waals surface area contributed by atoms with Crippen molar-refractivity contribution in [3.05, 3.63) is 54.6 Å². The second-order valence-electron chi connectivity index (χ2n) is 8.77. The second-order valence-corrected chi connectivity index (χ2v) is 9.78. The van der Waals surface area contributed by atoms with Crippen molar-refractivity contribution < 1.29 is 4.79 Å². The van der Waals surface area contributed by atoms with Gasteiger partial charge in [-0.3, -0.25) is 9.78 Å². The maximum atomic E-state index is 12.9. The van der Waals surface area contributed by atoms with Crippen LogP contribution in [-0.2, 0) is 0 Å². The predicted molar refractivity (Wildman–Crippen MR) is 137 cm³/mol. The summed E-state index contributed by atoms with van der Waals surface area (Å²) in [5, 5.41) is 5.69. The Bertz CT molecular complexity index is 1350. The first-order chi connectivity index (χ1) is 16.4. The van der Waals surface area contributed by atoms with Crippen LogP contribution in [0.1, 0.15) is 10.4 Å². The fourth-order valence-electron chi connectivity index (χ4n) is 3.72. The fourth-order valence-corrected chi connectivity index (χ4v) is 4.53. The lowest BCUT2D eigenvalue weighted by atomic mass is 10.1. The first kappa shape index (κ1) is 22.2. The van der Waals surface area contributed by atoms with E-state index in [-0.39, 0.29) is 5.91 Å². The summed E-state index contributed by atoms with van der Waals surface area (Å²) in [5.74, 6) is 1.09. The molecule has 0 unspecified atom stereocenters. The molecule has 1 aliphatic rings. The number of pyridine rings is 3. The molecule has 0 saturated carbocycles. The van der Waals surface area contributed by atoms with E-state index >= 15 is 0 Å². The van der Waals surface area contributed by atoms with Crippen molar-refractivity contribution in [2.24, 2.45) is 0 Å². The van der Waals surface area contributed by atoms with Gasteiger partial charge in [0.25, 0.3) is 5.91 Å². The minimum absolute atomic E-state index is 0.215. The highest BCUT2D eigenvalue weighted by Crippen LogP contribution is 2.31. The molecule has 5 heterocycles. The van der Waals surface area contributed by atoms with Crippen LogP contribution in [0.15, 0.2) is 49.1 Å². The number of rotatable bonds is 6. The molecule has 0 spiro atoms. The zero-order chi connectivity index (χ0) is 23.8. The molecule has 1 saturated heterocycles. The average Bonchev–Trinajstić information content (AvgIpc) is 3.28. The average molecular weight is 475 g/mol. The summed E-state index contributed by atoms with van der Waals surface area (Å²) in [6, 6.07) is 7.92. The van der Waals surface area contributed by atoms with Gasteiger partial charge in [-0.1, -0.05) is 11.3 Å². The minimum atomic E-state index is -0.215. The number of nitrogens with zero attached hydrogens (tertiary/aromatic N) is 7. The van der Waals surface area contributed by atoms with Crippen molar-refractivity contribution in [3.8, 4) is 10.6 Å². The Labute approximate surface area is 202 Å². The van der Waals surface area contributed by atoms with Crippen molar-refractivity contribution in [2.45, 2.75) is 6.04 Å². The summed E-state index contributed by atoms with van der Waals surface area (Å²) in [6.07, 6.45) is 7.02. The van der Waals surface area contributed by atoms with Crippen LogP contribution in [0.3, 0.4) is 0 Å². The Hall–Kier alpha value is -3.63. The lowest BCUT2D eigenvalue weighted by molar-refractivity contribution is 0.102. The van der Waals surface area contributed by atoms with Gasteiger partial charge in [-0.15, -0.1) is 0 Å². The molecule has 5 rings (SSSR count). The van der Waals surface area contributed by atoms with Crippen molar-refractivity contribution in [1.29, 1.82) is 0 Å². The molecular weight excluding hydrogens is 448 g/mol. The fraction of sp³-hybridized carbons (Fsp3) is 0.292. The standard InChI is InChI=1S/C24H26N8OS/c1-30(2)18-13-32(14-18)22-9-15(5-6-25-22)23(33)29-21-8-16-7-19(26-10-17(16)11-27-21)20-12-28-24(34-20)31(3)4/h5-12,18H,13-14H2,1-4H3,(H,27,29,33). The number of nitrogens with one attached hydrogen (secondary N) is 1. The summed E-state index contributed by atoms with van der Waals surface area (Å²) in [7, 11) is 8.08. The van der Waals surface area contributed by atoms with E-state index in [9.17, 15) is 4.79 Å². The largest absolute Gasteiger partial charge is 0.354 e. The number of hydrogen-bond donors (Lipinski definition) is 1. The van der Waals surface area contributed by atoms with Crippen LogP contribution >= 0.6 is 11.3 Å². The third-order valence-electron chi connectivity index (χ3n) is 5.90. The molecule has 9 nitrogen and oxygen atoms in total. The molecule has 10 heteroatoms. The van der Waals surface area contributed by atoms with Gasteiger partial charge in [0.15, 0.2) is 5.13 Å². The zero-order valence-electron chi connectivity index (χ0n) is 19.6. The van der Waals surface area contributed by atoms with E-state index in [0.29, 0.717) is 17.4 Å². The molecule has 1 aliphatic heterocycles. The van der Waals surface area contributed by atoms with Crippen molar-refractivity contribution in [2.75, 3.05) is 56.4 Å². The van der Waals surface area contributed by atoms with E-state index in [4.69, 9.17) is 0 Å². The molecule has 1 amide bonds. The molecule has 0 radical (unpaired) electrons. The summed E-state index contributed by atoms with van der Waals surface area (Å²) in [4.78, 5) is 38.1. The monoisotopic (exact) mass is 474 g/mol. The first-order valence-corrected chi connectivity index (χ1v) is 11.8. The van der Waals surface area contributed by atoms with E-state index in [1.54, 1.807) is 36.0 Å². The summed E-state index contributed by atoms with van der Waals surface area (Å²) >= 11 is 1.58. The van der Waals surface area contributed by atoms with Gasteiger partial charge < -0.3 is 20.0 Å². The quantitative estimate of drug-likeness (QED) is 0.456. The maximum absolute atomic E-state index is 12.9. The summed E-state index contributed by atoms with van der Waals surface area (Å²) in [5.41, 5.74) is 1.39. The highest BCUT2D eigenvalue weighted by Gasteiger charge is 2.29. The number of hydrogen-bond acceptors (Lipinski definition) is 9. The van der Waals surface area contributed by atoms with Crippen LogP contribution in [0.25, 0.3) is 21.3 Å². The van der Waals surface area contributed by atoms with Gasteiger partial charge in [0.2, 0.25) is 0 Å². The van der Waals surface area contributed by atoms with Crippen molar-refractivity contribution in [3.63, 3.8) is 0 Å². The Balaban J connectivity index is 1.33. The van der Waals surface area contributed by atoms with E-state index in [2.05, 4.69) is 49.1 Å². The van der Waals surface area contributed by atoms with Crippen LogP contribution in [0, 0.1) is 0 Å². The molecule has 0 aliphatic carbocycles. The molecule has 0 aromatic carbocycles. The second kappa shape index (κ2) is 8.96. The number of amides is 1. The molecule has 1 fully saturated rings. The van der Waals surface area contributed by atoms with Gasteiger partial charge in [-0.2, -0.15) is 0 Å². The number of likely N-dealkylation sites (N-methyl/N-ethyl adjacent to an activating group) is 1. The van der Waals surface area contributed by atoms with Gasteiger partial charge >= 0.3 is 0 Å². The number of fused-ring (bicyclic) bond motifs is 1. The molecule has 34 heavy (non-hydrogen) atoms. The SMILES string of the molecule is CN(C)c1ncc(-c2cc3cc(NC(=O)c4ccnc(N5CC(N(C)C)C5)c4)ncc3cn2)s1. The van der Waals surface area contributed by atoms with Crippen LogP contribution < -0.4 is 15.1 Å². The van der Waals surface area contributed by atoms with Gasteiger partial charge in [0.05, 0.1) is 10.6 Å². The highest BCUT2D eigenvalue weighted by atomic mass is 32.1. The Kier molecular flexibility index (Phi) is 5.84. The van der Waals surface area contributed by atoms with E-state index < -0.39 is 0 Å². The Morgan fingerprint density at radius 1 is 1.00 bits per heavy atom. The molecule has 0 atom stereocenters. The van der Waals surface area contributed by atoms with Crippen LogP contribution in [0.5, 0.6) is 0 Å². The first-order valence-electron chi connectivity index (χ1n) is 11.0. The predicted octanol–water partition coefficient (Wildman–Crippen LogP) is 3.22. The third-order valence-corrected chi connectivity index (χ3v) is 7.09.